The molecule has 0 radical (unpaired) electrons. The number of hydrogen-bond donors (Lipinski definition) is 0. The Bertz CT molecular complexity index is 678. The number of rotatable bonds is 3. The number of nitrogens with zero attached hydrogens (tertiary/aromatic N) is 3. The molecule has 2 aliphatic rings. The number of methoxy groups -OCH3 is 1. The van der Waals surface area contributed by atoms with Crippen molar-refractivity contribution in [3.8, 4) is 0 Å². The number of imidazole rings is 1. The number of carbonyl (C=O) groups excluding carboxylic acids is 1. The Morgan fingerprint density at radius 3 is 3.04 bits per heavy atom. The maximum Gasteiger partial charge on any atom is 0.323 e. The number of fused-ring (bicyclic) bond motifs is 2. The van der Waals surface area contributed by atoms with Crippen LogP contribution in [0.1, 0.15) is 37.8 Å². The average Bonchev–Trinajstić information content (AvgIpc) is 3.15. The molecule has 1 aliphatic heterocycles. The first-order valence-corrected chi connectivity index (χ1v) is 8.52. The van der Waals surface area contributed by atoms with Crippen LogP contribution in [0.4, 0.5) is 0 Å². The molecular weight excluding hydrogens is 290 g/mol. The third kappa shape index (κ3) is 2.63. The van der Waals surface area contributed by atoms with Crippen molar-refractivity contribution in [2.45, 2.75) is 50.7 Å². The number of likely N-dealkylation sites (tertiary alicyclic amines) is 1. The van der Waals surface area contributed by atoms with Crippen LogP contribution in [0.5, 0.6) is 0 Å². The fourth-order valence-electron chi connectivity index (χ4n) is 4.40. The first-order chi connectivity index (χ1) is 11.3. The summed E-state index contributed by atoms with van der Waals surface area (Å²) < 4.78 is 7.10. The van der Waals surface area contributed by atoms with Gasteiger partial charge in [-0.15, -0.1) is 0 Å². The van der Waals surface area contributed by atoms with E-state index < -0.39 is 0 Å². The van der Waals surface area contributed by atoms with E-state index in [0.29, 0.717) is 12.0 Å². The number of esters is 1. The third-order valence-electron chi connectivity index (χ3n) is 5.45. The molecule has 5 nitrogen and oxygen atoms in total. The highest BCUT2D eigenvalue weighted by Gasteiger charge is 2.45. The molecule has 0 bridgehead atoms. The largest absolute Gasteiger partial charge is 0.468 e. The summed E-state index contributed by atoms with van der Waals surface area (Å²) in [5.74, 6) is 0.535. The molecule has 0 amide bonds. The van der Waals surface area contributed by atoms with Gasteiger partial charge in [0.15, 0.2) is 0 Å². The lowest BCUT2D eigenvalue weighted by Crippen LogP contribution is -2.42. The van der Waals surface area contributed by atoms with E-state index in [0.717, 1.165) is 24.3 Å². The van der Waals surface area contributed by atoms with Gasteiger partial charge in [0.05, 0.1) is 12.8 Å². The third-order valence-corrected chi connectivity index (χ3v) is 5.45. The van der Waals surface area contributed by atoms with Crippen LogP contribution in [0.15, 0.2) is 30.6 Å². The van der Waals surface area contributed by atoms with E-state index >= 15 is 0 Å². The van der Waals surface area contributed by atoms with Crippen LogP contribution < -0.4 is 0 Å². The van der Waals surface area contributed by atoms with Crippen molar-refractivity contribution in [1.29, 1.82) is 0 Å². The minimum absolute atomic E-state index is 0.0943. The Morgan fingerprint density at radius 2 is 2.22 bits per heavy atom. The molecule has 4 rings (SSSR count). The summed E-state index contributed by atoms with van der Waals surface area (Å²) in [5.41, 5.74) is 1.98. The van der Waals surface area contributed by atoms with Crippen molar-refractivity contribution in [1.82, 2.24) is 14.3 Å². The number of aromatic nitrogens is 2. The summed E-state index contributed by atoms with van der Waals surface area (Å²) in [6, 6.07) is 6.39. The fraction of sp³-hybridized carbons (Fsp3) is 0.556. The first-order valence-electron chi connectivity index (χ1n) is 8.52. The number of carbonyl (C=O) groups is 1. The van der Waals surface area contributed by atoms with Crippen LogP contribution in [0, 0.1) is 5.92 Å². The zero-order chi connectivity index (χ0) is 15.8. The summed E-state index contributed by atoms with van der Waals surface area (Å²) in [4.78, 5) is 19.3. The molecule has 23 heavy (non-hydrogen) atoms. The fourth-order valence-corrected chi connectivity index (χ4v) is 4.40. The molecule has 3 unspecified atom stereocenters. The Morgan fingerprint density at radius 1 is 1.35 bits per heavy atom. The maximum atomic E-state index is 12.2. The first kappa shape index (κ1) is 14.7. The molecule has 0 N–H and O–H groups in total. The van der Waals surface area contributed by atoms with E-state index in [4.69, 9.17) is 9.72 Å². The molecular formula is C18H23N3O2. The standard InChI is InChI=1S/C18H23N3O2/c1-23-18(22)16-10-13-6-2-3-7-15(13)21(16)12-14-11-20-9-5-4-8-17(20)19-14/h4-5,8-9,11,13,15-16H,2-3,6-7,10,12H2,1H3. The number of pyridine rings is 1. The minimum atomic E-state index is -0.113. The summed E-state index contributed by atoms with van der Waals surface area (Å²) in [6.45, 7) is 0.725. The molecule has 3 atom stereocenters. The predicted molar refractivity (Wildman–Crippen MR) is 86.9 cm³/mol. The normalized spacial score (nSPS) is 28.0. The van der Waals surface area contributed by atoms with Crippen LogP contribution in [0.2, 0.25) is 0 Å². The van der Waals surface area contributed by atoms with Gasteiger partial charge in [-0.2, -0.15) is 0 Å². The molecule has 2 aromatic rings. The Balaban J connectivity index is 1.61. The number of hydrogen-bond acceptors (Lipinski definition) is 4. The minimum Gasteiger partial charge on any atom is -0.468 e. The molecule has 5 heteroatoms. The van der Waals surface area contributed by atoms with Crippen LogP contribution in [0.25, 0.3) is 5.65 Å². The van der Waals surface area contributed by atoms with Gasteiger partial charge in [0.1, 0.15) is 11.7 Å². The molecule has 0 spiro atoms. The molecule has 3 heterocycles. The van der Waals surface area contributed by atoms with Crippen molar-refractivity contribution in [3.63, 3.8) is 0 Å². The Kier molecular flexibility index (Phi) is 3.81. The van der Waals surface area contributed by atoms with Crippen molar-refractivity contribution in [3.05, 3.63) is 36.3 Å². The van der Waals surface area contributed by atoms with Gasteiger partial charge in [-0.05, 0) is 37.3 Å². The van der Waals surface area contributed by atoms with Gasteiger partial charge in [-0.25, -0.2) is 4.98 Å². The zero-order valence-electron chi connectivity index (χ0n) is 13.5. The lowest BCUT2D eigenvalue weighted by molar-refractivity contribution is -0.146. The monoisotopic (exact) mass is 313 g/mol. The highest BCUT2D eigenvalue weighted by Crippen LogP contribution is 2.40. The van der Waals surface area contributed by atoms with E-state index in [1.165, 1.54) is 32.8 Å². The molecule has 122 valence electrons. The van der Waals surface area contributed by atoms with Gasteiger partial charge in [0.25, 0.3) is 0 Å². The molecule has 1 saturated heterocycles. The predicted octanol–water partition coefficient (Wildman–Crippen LogP) is 2.64. The molecule has 2 aromatic heterocycles. The van der Waals surface area contributed by atoms with Crippen LogP contribution in [0.3, 0.4) is 0 Å². The number of ether oxygens (including phenoxy) is 1. The zero-order valence-corrected chi connectivity index (χ0v) is 13.5. The smallest absolute Gasteiger partial charge is 0.323 e. The van der Waals surface area contributed by atoms with Gasteiger partial charge in [-0.3, -0.25) is 9.69 Å². The average molecular weight is 313 g/mol. The van der Waals surface area contributed by atoms with Crippen LogP contribution in [-0.2, 0) is 16.1 Å². The summed E-state index contributed by atoms with van der Waals surface area (Å²) in [6.07, 6.45) is 9.99. The van der Waals surface area contributed by atoms with Crippen molar-refractivity contribution >= 4 is 11.6 Å². The topological polar surface area (TPSA) is 46.8 Å². The van der Waals surface area contributed by atoms with E-state index in [1.807, 2.05) is 28.8 Å². The Labute approximate surface area is 136 Å². The van der Waals surface area contributed by atoms with E-state index in [9.17, 15) is 4.79 Å². The van der Waals surface area contributed by atoms with Gasteiger partial charge >= 0.3 is 5.97 Å². The quantitative estimate of drug-likeness (QED) is 0.817. The maximum absolute atomic E-state index is 12.2. The van der Waals surface area contributed by atoms with Crippen molar-refractivity contribution < 1.29 is 9.53 Å². The van der Waals surface area contributed by atoms with Gasteiger partial charge in [-0.1, -0.05) is 18.9 Å². The lowest BCUT2D eigenvalue weighted by atomic mass is 9.85. The summed E-state index contributed by atoms with van der Waals surface area (Å²) in [5, 5.41) is 0. The second-order valence-electron chi connectivity index (χ2n) is 6.76. The Hall–Kier alpha value is -1.88. The van der Waals surface area contributed by atoms with E-state index in [1.54, 1.807) is 0 Å². The van der Waals surface area contributed by atoms with Crippen molar-refractivity contribution in [2.75, 3.05) is 7.11 Å². The van der Waals surface area contributed by atoms with Gasteiger partial charge in [0.2, 0.25) is 0 Å². The van der Waals surface area contributed by atoms with Crippen LogP contribution in [-0.4, -0.2) is 39.4 Å². The van der Waals surface area contributed by atoms with E-state index in [-0.39, 0.29) is 12.0 Å². The van der Waals surface area contributed by atoms with Crippen LogP contribution >= 0.6 is 0 Å². The SMILES string of the molecule is COC(=O)C1CC2CCCCC2N1Cc1cn2ccccc2n1. The lowest BCUT2D eigenvalue weighted by Gasteiger charge is -2.32. The molecule has 0 aromatic carbocycles. The highest BCUT2D eigenvalue weighted by molar-refractivity contribution is 5.76. The highest BCUT2D eigenvalue weighted by atomic mass is 16.5. The summed E-state index contributed by atoms with van der Waals surface area (Å²) in [7, 11) is 1.49. The molecule has 1 aliphatic carbocycles. The second-order valence-corrected chi connectivity index (χ2v) is 6.76. The van der Waals surface area contributed by atoms with E-state index in [2.05, 4.69) is 11.1 Å². The second kappa shape index (κ2) is 5.96. The van der Waals surface area contributed by atoms with Crippen molar-refractivity contribution in [2.24, 2.45) is 5.92 Å². The van der Waals surface area contributed by atoms with Gasteiger partial charge in [0, 0.05) is 25.0 Å². The molecule has 1 saturated carbocycles. The van der Waals surface area contributed by atoms with Gasteiger partial charge < -0.3 is 9.14 Å². The molecule has 2 fully saturated rings. The summed E-state index contributed by atoms with van der Waals surface area (Å²) >= 11 is 0.